The molecular weight excluding hydrogens is 484 g/mol. The Hall–Kier alpha value is -5.42. The van der Waals surface area contributed by atoms with Gasteiger partial charge < -0.3 is 13.3 Å². The van der Waals surface area contributed by atoms with Crippen LogP contribution in [0.5, 0.6) is 0 Å². The number of para-hydroxylation sites is 4. The van der Waals surface area contributed by atoms with Gasteiger partial charge in [-0.1, -0.05) is 72.8 Å². The monoisotopic (exact) mass is 502 g/mol. The van der Waals surface area contributed by atoms with E-state index in [0.29, 0.717) is 11.4 Å². The predicted molar refractivity (Wildman–Crippen MR) is 155 cm³/mol. The largest absolute Gasteiger partial charge is 0.455 e. The first-order valence-electron chi connectivity index (χ1n) is 12.8. The molecule has 0 aliphatic rings. The van der Waals surface area contributed by atoms with Crippen LogP contribution in [0.2, 0.25) is 0 Å². The highest BCUT2D eigenvalue weighted by Gasteiger charge is 2.20. The number of benzene rings is 4. The number of pyridine rings is 2. The predicted octanol–water partition coefficient (Wildman–Crippen LogP) is 9.51. The van der Waals surface area contributed by atoms with E-state index in [0.717, 1.165) is 76.9 Å². The van der Waals surface area contributed by atoms with Gasteiger partial charge in [0.25, 0.3) is 0 Å². The SMILES string of the molecule is c1cnc2oc3c(-c4cccc5c4oc4c(-c6cccc7c6oc6ncccc67)cccc45)cccc3c2c1. The summed E-state index contributed by atoms with van der Waals surface area (Å²) in [6, 6.07) is 32.9. The lowest BCUT2D eigenvalue weighted by atomic mass is 9.98. The van der Waals surface area contributed by atoms with Crippen molar-refractivity contribution in [2.75, 3.05) is 0 Å². The minimum atomic E-state index is 0.632. The Morgan fingerprint density at radius 2 is 0.667 bits per heavy atom. The van der Waals surface area contributed by atoms with Crippen molar-refractivity contribution in [1.82, 2.24) is 9.97 Å². The lowest BCUT2D eigenvalue weighted by molar-refractivity contribution is 0.653. The zero-order chi connectivity index (χ0) is 25.5. The molecule has 0 bridgehead atoms. The molecule has 0 unspecified atom stereocenters. The normalized spacial score (nSPS) is 12.1. The Morgan fingerprint density at radius 3 is 1.08 bits per heavy atom. The molecule has 5 nitrogen and oxygen atoms in total. The molecule has 5 aromatic heterocycles. The molecule has 182 valence electrons. The number of hydrogen-bond acceptors (Lipinski definition) is 5. The molecule has 0 spiro atoms. The summed E-state index contributed by atoms with van der Waals surface area (Å²) in [5.41, 5.74) is 8.41. The standard InChI is InChI=1S/C34H18N2O3/c1-7-19-20-8-2-10-22(24-12-4-14-26-28-16-6-18-36-34(28)39-32(24)26)30(20)37-29(19)21(9-1)23-11-3-13-25-27-15-5-17-35-33(27)38-31(23)25/h1-18H. The van der Waals surface area contributed by atoms with Crippen molar-refractivity contribution in [3.05, 3.63) is 109 Å². The van der Waals surface area contributed by atoms with E-state index in [4.69, 9.17) is 13.3 Å². The van der Waals surface area contributed by atoms with Crippen LogP contribution in [-0.4, -0.2) is 9.97 Å². The number of fused-ring (bicyclic) bond motifs is 9. The van der Waals surface area contributed by atoms with Gasteiger partial charge in [-0.2, -0.15) is 0 Å². The highest BCUT2D eigenvalue weighted by atomic mass is 16.3. The average molecular weight is 503 g/mol. The third kappa shape index (κ3) is 2.79. The van der Waals surface area contributed by atoms with Crippen LogP contribution < -0.4 is 0 Å². The summed E-state index contributed by atoms with van der Waals surface area (Å²) in [7, 11) is 0. The second-order valence-electron chi connectivity index (χ2n) is 9.75. The third-order valence-electron chi connectivity index (χ3n) is 7.65. The number of hydrogen-bond donors (Lipinski definition) is 0. The fraction of sp³-hybridized carbons (Fsp3) is 0. The molecule has 0 atom stereocenters. The van der Waals surface area contributed by atoms with Gasteiger partial charge in [0, 0.05) is 67.0 Å². The topological polar surface area (TPSA) is 65.2 Å². The van der Waals surface area contributed by atoms with Crippen LogP contribution in [0.25, 0.3) is 88.3 Å². The van der Waals surface area contributed by atoms with Gasteiger partial charge in [-0.05, 0) is 24.3 Å². The van der Waals surface area contributed by atoms with E-state index in [1.807, 2.05) is 24.3 Å². The molecule has 0 fully saturated rings. The highest BCUT2D eigenvalue weighted by molar-refractivity contribution is 6.18. The van der Waals surface area contributed by atoms with Crippen molar-refractivity contribution in [2.45, 2.75) is 0 Å². The molecule has 5 heteroatoms. The number of nitrogens with zero attached hydrogens (tertiary/aromatic N) is 2. The maximum absolute atomic E-state index is 6.75. The Balaban J connectivity index is 1.34. The minimum absolute atomic E-state index is 0.632. The molecule has 9 rings (SSSR count). The first-order chi connectivity index (χ1) is 19.3. The van der Waals surface area contributed by atoms with Crippen LogP contribution in [0.4, 0.5) is 0 Å². The van der Waals surface area contributed by atoms with Gasteiger partial charge >= 0.3 is 0 Å². The smallest absolute Gasteiger partial charge is 0.227 e. The van der Waals surface area contributed by atoms with Gasteiger partial charge in [0.15, 0.2) is 0 Å². The van der Waals surface area contributed by atoms with E-state index < -0.39 is 0 Å². The number of aromatic nitrogens is 2. The lowest BCUT2D eigenvalue weighted by Gasteiger charge is -2.04. The van der Waals surface area contributed by atoms with Crippen molar-refractivity contribution < 1.29 is 13.3 Å². The van der Waals surface area contributed by atoms with E-state index in [2.05, 4.69) is 82.8 Å². The molecule has 9 aromatic rings. The van der Waals surface area contributed by atoms with E-state index in [-0.39, 0.29) is 0 Å². The van der Waals surface area contributed by atoms with Gasteiger partial charge in [-0.3, -0.25) is 0 Å². The van der Waals surface area contributed by atoms with Gasteiger partial charge in [-0.25, -0.2) is 9.97 Å². The van der Waals surface area contributed by atoms with Crippen LogP contribution >= 0.6 is 0 Å². The molecule has 5 heterocycles. The van der Waals surface area contributed by atoms with Crippen LogP contribution in [0.3, 0.4) is 0 Å². The molecule has 39 heavy (non-hydrogen) atoms. The molecule has 0 aliphatic heterocycles. The van der Waals surface area contributed by atoms with Crippen molar-refractivity contribution in [2.24, 2.45) is 0 Å². The van der Waals surface area contributed by atoms with Crippen molar-refractivity contribution in [3.8, 4) is 22.3 Å². The highest BCUT2D eigenvalue weighted by Crippen LogP contribution is 2.44. The maximum atomic E-state index is 6.75. The van der Waals surface area contributed by atoms with E-state index >= 15 is 0 Å². The Labute approximate surface area is 220 Å². The van der Waals surface area contributed by atoms with E-state index in [9.17, 15) is 0 Å². The number of furan rings is 3. The zero-order valence-corrected chi connectivity index (χ0v) is 20.5. The fourth-order valence-electron chi connectivity index (χ4n) is 5.93. The summed E-state index contributed by atoms with van der Waals surface area (Å²) >= 11 is 0. The van der Waals surface area contributed by atoms with Crippen molar-refractivity contribution >= 4 is 66.1 Å². The molecule has 0 N–H and O–H groups in total. The lowest BCUT2D eigenvalue weighted by Crippen LogP contribution is -1.80. The minimum Gasteiger partial charge on any atom is -0.455 e. The number of rotatable bonds is 2. The van der Waals surface area contributed by atoms with Crippen LogP contribution in [0, 0.1) is 0 Å². The van der Waals surface area contributed by atoms with Crippen LogP contribution in [-0.2, 0) is 0 Å². The fourth-order valence-corrected chi connectivity index (χ4v) is 5.93. The van der Waals surface area contributed by atoms with Gasteiger partial charge in [-0.15, -0.1) is 0 Å². The average Bonchev–Trinajstić information content (AvgIpc) is 3.68. The molecule has 0 radical (unpaired) electrons. The summed E-state index contributed by atoms with van der Waals surface area (Å²) in [6.07, 6.45) is 3.51. The molecule has 0 amide bonds. The first-order valence-corrected chi connectivity index (χ1v) is 12.8. The zero-order valence-electron chi connectivity index (χ0n) is 20.5. The Bertz CT molecular complexity index is 2240. The molecule has 0 saturated carbocycles. The Morgan fingerprint density at radius 1 is 0.333 bits per heavy atom. The third-order valence-corrected chi connectivity index (χ3v) is 7.65. The molecule has 0 aliphatic carbocycles. The van der Waals surface area contributed by atoms with Gasteiger partial charge in [0.2, 0.25) is 11.4 Å². The summed E-state index contributed by atoms with van der Waals surface area (Å²) in [5.74, 6) is 0. The molecular formula is C34H18N2O3. The van der Waals surface area contributed by atoms with Crippen LogP contribution in [0.1, 0.15) is 0 Å². The Kier molecular flexibility index (Phi) is 3.99. The summed E-state index contributed by atoms with van der Waals surface area (Å²) in [5, 5.41) is 6.18. The van der Waals surface area contributed by atoms with E-state index in [1.165, 1.54) is 0 Å². The summed E-state index contributed by atoms with van der Waals surface area (Å²) in [6.45, 7) is 0. The van der Waals surface area contributed by atoms with E-state index in [1.54, 1.807) is 12.4 Å². The van der Waals surface area contributed by atoms with Crippen molar-refractivity contribution in [3.63, 3.8) is 0 Å². The molecule has 0 saturated heterocycles. The second-order valence-corrected chi connectivity index (χ2v) is 9.75. The van der Waals surface area contributed by atoms with Crippen molar-refractivity contribution in [1.29, 1.82) is 0 Å². The molecule has 4 aromatic carbocycles. The van der Waals surface area contributed by atoms with Gasteiger partial charge in [0.1, 0.15) is 22.3 Å². The maximum Gasteiger partial charge on any atom is 0.227 e. The first kappa shape index (κ1) is 20.6. The quantitative estimate of drug-likeness (QED) is 0.235. The van der Waals surface area contributed by atoms with Crippen LogP contribution in [0.15, 0.2) is 123 Å². The summed E-state index contributed by atoms with van der Waals surface area (Å²) in [4.78, 5) is 8.87. The second kappa shape index (κ2) is 7.55. The summed E-state index contributed by atoms with van der Waals surface area (Å²) < 4.78 is 19.3. The van der Waals surface area contributed by atoms with Gasteiger partial charge in [0.05, 0.1) is 0 Å².